The molecule has 0 saturated heterocycles. The molecule has 0 saturated carbocycles. The van der Waals surface area contributed by atoms with Crippen LogP contribution in [-0.4, -0.2) is 4.57 Å². The second-order valence-corrected chi connectivity index (χ2v) is 11.5. The predicted octanol–water partition coefficient (Wildman–Crippen LogP) is 11.2. The monoisotopic (exact) mass is 541 g/mol. The maximum Gasteiger partial charge on any atom is 0.136 e. The van der Waals surface area contributed by atoms with E-state index in [2.05, 4.69) is 132 Å². The van der Waals surface area contributed by atoms with Crippen molar-refractivity contribution in [2.24, 2.45) is 0 Å². The minimum absolute atomic E-state index is 0.922. The quantitative estimate of drug-likeness (QED) is 0.217. The highest BCUT2D eigenvalue weighted by Gasteiger charge is 2.20. The van der Waals surface area contributed by atoms with Crippen molar-refractivity contribution in [2.75, 3.05) is 0 Å². The molecule has 0 aliphatic rings. The van der Waals surface area contributed by atoms with E-state index in [4.69, 9.17) is 4.42 Å². The predicted molar refractivity (Wildman–Crippen MR) is 174 cm³/mol. The number of rotatable bonds is 3. The van der Waals surface area contributed by atoms with Crippen LogP contribution in [0.25, 0.3) is 81.1 Å². The number of thiophene rings is 1. The molecule has 41 heavy (non-hydrogen) atoms. The largest absolute Gasteiger partial charge is 0.456 e. The maximum absolute atomic E-state index is 6.19. The van der Waals surface area contributed by atoms with Crippen molar-refractivity contribution in [3.8, 4) is 27.9 Å². The van der Waals surface area contributed by atoms with Gasteiger partial charge in [0.1, 0.15) is 11.2 Å². The Morgan fingerprint density at radius 2 is 1.15 bits per heavy atom. The zero-order valence-corrected chi connectivity index (χ0v) is 22.9. The first kappa shape index (κ1) is 22.7. The first-order valence-corrected chi connectivity index (χ1v) is 14.7. The summed E-state index contributed by atoms with van der Waals surface area (Å²) in [6.07, 6.45) is 0. The molecule has 192 valence electrons. The maximum atomic E-state index is 6.19. The van der Waals surface area contributed by atoms with E-state index in [1.807, 2.05) is 23.5 Å². The Labute approximate surface area is 240 Å². The van der Waals surface area contributed by atoms with E-state index < -0.39 is 0 Å². The van der Waals surface area contributed by atoms with Gasteiger partial charge < -0.3 is 8.98 Å². The number of hydrogen-bond acceptors (Lipinski definition) is 2. The van der Waals surface area contributed by atoms with E-state index in [0.29, 0.717) is 0 Å². The molecule has 0 fully saturated rings. The molecule has 0 aliphatic heterocycles. The van der Waals surface area contributed by atoms with Crippen LogP contribution in [0.3, 0.4) is 0 Å². The second-order valence-electron chi connectivity index (χ2n) is 10.5. The van der Waals surface area contributed by atoms with Crippen LogP contribution >= 0.6 is 11.3 Å². The summed E-state index contributed by atoms with van der Waals surface area (Å²) in [7, 11) is 0. The summed E-state index contributed by atoms with van der Waals surface area (Å²) >= 11 is 1.90. The molecule has 0 radical (unpaired) electrons. The molecular weight excluding hydrogens is 518 g/mol. The van der Waals surface area contributed by atoms with Crippen LogP contribution in [0, 0.1) is 0 Å². The highest BCUT2D eigenvalue weighted by atomic mass is 32.1. The Morgan fingerprint density at radius 1 is 0.488 bits per heavy atom. The van der Waals surface area contributed by atoms with Crippen molar-refractivity contribution in [1.82, 2.24) is 4.57 Å². The number of nitrogens with zero attached hydrogens (tertiary/aromatic N) is 1. The lowest BCUT2D eigenvalue weighted by Gasteiger charge is -2.10. The van der Waals surface area contributed by atoms with Gasteiger partial charge in [-0.05, 0) is 58.7 Å². The van der Waals surface area contributed by atoms with Crippen molar-refractivity contribution in [3.63, 3.8) is 0 Å². The summed E-state index contributed by atoms with van der Waals surface area (Å²) < 4.78 is 11.3. The van der Waals surface area contributed by atoms with Crippen molar-refractivity contribution >= 4 is 64.5 Å². The molecule has 0 spiro atoms. The van der Waals surface area contributed by atoms with Crippen LogP contribution in [0.15, 0.2) is 144 Å². The Hall–Kier alpha value is -5.12. The summed E-state index contributed by atoms with van der Waals surface area (Å²) in [5.74, 6) is 0. The van der Waals surface area contributed by atoms with E-state index in [1.54, 1.807) is 0 Å². The average Bonchev–Trinajstić information content (AvgIpc) is 3.70. The van der Waals surface area contributed by atoms with E-state index in [-0.39, 0.29) is 0 Å². The number of furan rings is 1. The van der Waals surface area contributed by atoms with Crippen LogP contribution in [-0.2, 0) is 0 Å². The van der Waals surface area contributed by atoms with Crippen molar-refractivity contribution in [1.29, 1.82) is 0 Å². The van der Waals surface area contributed by atoms with E-state index in [1.165, 1.54) is 64.5 Å². The van der Waals surface area contributed by atoms with Gasteiger partial charge in [0.15, 0.2) is 0 Å². The Balaban J connectivity index is 1.29. The molecule has 0 atom stereocenters. The summed E-state index contributed by atoms with van der Waals surface area (Å²) in [4.78, 5) is 0. The van der Waals surface area contributed by atoms with E-state index in [9.17, 15) is 0 Å². The molecule has 3 aromatic heterocycles. The lowest BCUT2D eigenvalue weighted by Crippen LogP contribution is -1.92. The molecule has 0 bridgehead atoms. The Kier molecular flexibility index (Phi) is 4.80. The third kappa shape index (κ3) is 3.30. The minimum atomic E-state index is 0.922. The van der Waals surface area contributed by atoms with Gasteiger partial charge in [-0.3, -0.25) is 0 Å². The van der Waals surface area contributed by atoms with Gasteiger partial charge in [0, 0.05) is 31.9 Å². The van der Waals surface area contributed by atoms with Gasteiger partial charge >= 0.3 is 0 Å². The van der Waals surface area contributed by atoms with Crippen LogP contribution in [0.4, 0.5) is 0 Å². The fourth-order valence-corrected chi connectivity index (χ4v) is 7.79. The molecule has 0 unspecified atom stereocenters. The summed E-state index contributed by atoms with van der Waals surface area (Å²) in [5.41, 5.74) is 10.4. The highest BCUT2D eigenvalue weighted by Crippen LogP contribution is 2.46. The summed E-state index contributed by atoms with van der Waals surface area (Å²) in [6.45, 7) is 0. The second kappa shape index (κ2) is 8.69. The van der Waals surface area contributed by atoms with Crippen LogP contribution in [0.1, 0.15) is 0 Å². The number of hydrogen-bond donors (Lipinski definition) is 0. The normalized spacial score (nSPS) is 11.9. The Bertz CT molecular complexity index is 2420. The third-order valence-corrected chi connectivity index (χ3v) is 9.47. The van der Waals surface area contributed by atoms with Crippen LogP contribution in [0.5, 0.6) is 0 Å². The molecule has 2 nitrogen and oxygen atoms in total. The molecule has 9 aromatic rings. The summed E-state index contributed by atoms with van der Waals surface area (Å²) in [5, 5.41) is 4.91. The summed E-state index contributed by atoms with van der Waals surface area (Å²) in [6, 6.07) is 49.8. The van der Waals surface area contributed by atoms with Gasteiger partial charge in [-0.15, -0.1) is 11.3 Å². The smallest absolute Gasteiger partial charge is 0.136 e. The molecule has 0 aliphatic carbocycles. The zero-order valence-electron chi connectivity index (χ0n) is 22.0. The van der Waals surface area contributed by atoms with Gasteiger partial charge in [-0.2, -0.15) is 0 Å². The first-order valence-electron chi connectivity index (χ1n) is 13.9. The lowest BCUT2D eigenvalue weighted by atomic mass is 9.95. The van der Waals surface area contributed by atoms with Gasteiger partial charge in [0.05, 0.1) is 15.7 Å². The molecule has 6 aromatic carbocycles. The third-order valence-electron chi connectivity index (χ3n) is 8.20. The van der Waals surface area contributed by atoms with Crippen molar-refractivity contribution < 1.29 is 4.42 Å². The zero-order chi connectivity index (χ0) is 26.9. The van der Waals surface area contributed by atoms with Crippen LogP contribution in [0.2, 0.25) is 0 Å². The van der Waals surface area contributed by atoms with E-state index in [0.717, 1.165) is 16.6 Å². The SMILES string of the molecule is c1ccc(-n2c3ccccc3c3sc4c(-c5cccc(-c6cccc7oc8ccccc8c67)c5)cccc4c32)cc1. The Morgan fingerprint density at radius 3 is 2.05 bits per heavy atom. The standard InChI is InChI=1S/C38H23NOS/c1-2-13-26(14-3-1)39-32-20-6-4-15-29(32)38-36(39)31-19-9-18-28(37(31)41-38)25-12-8-11-24(23-25)27-17-10-22-34-35(27)30-16-5-7-21-33(30)40-34/h1-23H. The van der Waals surface area contributed by atoms with Crippen molar-refractivity contribution in [3.05, 3.63) is 140 Å². The highest BCUT2D eigenvalue weighted by molar-refractivity contribution is 7.27. The van der Waals surface area contributed by atoms with Crippen LogP contribution < -0.4 is 0 Å². The molecule has 9 rings (SSSR count). The molecule has 0 amide bonds. The number of para-hydroxylation sites is 3. The lowest BCUT2D eigenvalue weighted by molar-refractivity contribution is 0.669. The molecule has 0 N–H and O–H groups in total. The topological polar surface area (TPSA) is 18.1 Å². The van der Waals surface area contributed by atoms with Gasteiger partial charge in [-0.1, -0.05) is 103 Å². The average molecular weight is 542 g/mol. The number of benzene rings is 6. The fraction of sp³-hybridized carbons (Fsp3) is 0. The van der Waals surface area contributed by atoms with Gasteiger partial charge in [0.25, 0.3) is 0 Å². The number of aromatic nitrogens is 1. The van der Waals surface area contributed by atoms with Crippen molar-refractivity contribution in [2.45, 2.75) is 0 Å². The molecular formula is C38H23NOS. The first-order chi connectivity index (χ1) is 20.3. The van der Waals surface area contributed by atoms with Gasteiger partial charge in [-0.25, -0.2) is 0 Å². The number of fused-ring (bicyclic) bond motifs is 8. The fourth-order valence-electron chi connectivity index (χ4n) is 6.43. The minimum Gasteiger partial charge on any atom is -0.456 e. The van der Waals surface area contributed by atoms with Gasteiger partial charge in [0.2, 0.25) is 0 Å². The van der Waals surface area contributed by atoms with E-state index >= 15 is 0 Å². The molecule has 3 heteroatoms. The molecule has 3 heterocycles.